The molecule has 0 spiro atoms. The molecule has 2 aliphatic rings. The molecule has 0 bridgehead atoms. The summed E-state index contributed by atoms with van der Waals surface area (Å²) in [5.74, 6) is 0.351. The summed E-state index contributed by atoms with van der Waals surface area (Å²) >= 11 is 0. The molecule has 1 aromatic rings. The highest BCUT2D eigenvalue weighted by molar-refractivity contribution is 5.85. The van der Waals surface area contributed by atoms with Crippen LogP contribution in [0.15, 0.2) is 24.3 Å². The first-order valence-corrected chi connectivity index (χ1v) is 8.57. The van der Waals surface area contributed by atoms with Gasteiger partial charge in [-0.1, -0.05) is 12.1 Å². The van der Waals surface area contributed by atoms with Crippen molar-refractivity contribution in [1.29, 1.82) is 0 Å². The molecule has 2 saturated heterocycles. The van der Waals surface area contributed by atoms with Gasteiger partial charge >= 0.3 is 0 Å². The Hall–Kier alpha value is -1.86. The van der Waals surface area contributed by atoms with Gasteiger partial charge in [-0.15, -0.1) is 12.4 Å². The van der Waals surface area contributed by atoms with Crippen molar-refractivity contribution in [3.8, 4) is 0 Å². The molecule has 0 unspecified atom stereocenters. The third kappa shape index (κ3) is 4.41. The zero-order valence-corrected chi connectivity index (χ0v) is 15.2. The molecule has 3 rings (SSSR count). The first-order chi connectivity index (χ1) is 11.6. The van der Waals surface area contributed by atoms with Gasteiger partial charge in [0, 0.05) is 44.2 Å². The van der Waals surface area contributed by atoms with E-state index in [-0.39, 0.29) is 34.8 Å². The van der Waals surface area contributed by atoms with E-state index in [2.05, 4.69) is 12.2 Å². The van der Waals surface area contributed by atoms with Crippen LogP contribution in [0.3, 0.4) is 0 Å². The summed E-state index contributed by atoms with van der Waals surface area (Å²) in [7, 11) is 0. The fourth-order valence-electron chi connectivity index (χ4n) is 3.67. The van der Waals surface area contributed by atoms with Gasteiger partial charge in [0.25, 0.3) is 5.69 Å². The number of nitro benzene ring substituents is 1. The van der Waals surface area contributed by atoms with Crippen LogP contribution in [-0.4, -0.2) is 54.5 Å². The molecule has 2 atom stereocenters. The molecule has 2 fully saturated rings. The van der Waals surface area contributed by atoms with Crippen molar-refractivity contribution >= 4 is 29.7 Å². The lowest BCUT2D eigenvalue weighted by molar-refractivity contribution is -0.384. The van der Waals surface area contributed by atoms with E-state index >= 15 is 0 Å². The van der Waals surface area contributed by atoms with Crippen molar-refractivity contribution in [3.05, 3.63) is 34.4 Å². The summed E-state index contributed by atoms with van der Waals surface area (Å²) < 4.78 is 0. The second-order valence-corrected chi connectivity index (χ2v) is 6.63. The Morgan fingerprint density at radius 2 is 1.92 bits per heavy atom. The fourth-order valence-corrected chi connectivity index (χ4v) is 3.67. The number of anilines is 1. The van der Waals surface area contributed by atoms with Crippen LogP contribution in [0.4, 0.5) is 11.4 Å². The zero-order chi connectivity index (χ0) is 17.1. The van der Waals surface area contributed by atoms with Crippen LogP contribution < -0.4 is 10.2 Å². The zero-order valence-electron chi connectivity index (χ0n) is 14.4. The van der Waals surface area contributed by atoms with Gasteiger partial charge < -0.3 is 15.1 Å². The molecule has 2 aliphatic heterocycles. The molecular formula is C17H25ClN4O3. The largest absolute Gasteiger partial charge is 0.362 e. The topological polar surface area (TPSA) is 78.7 Å². The number of hydrogen-bond donors (Lipinski definition) is 1. The van der Waals surface area contributed by atoms with Gasteiger partial charge in [-0.3, -0.25) is 14.9 Å². The smallest absolute Gasteiger partial charge is 0.292 e. The van der Waals surface area contributed by atoms with E-state index in [1.54, 1.807) is 12.1 Å². The molecule has 0 saturated carbocycles. The quantitative estimate of drug-likeness (QED) is 0.652. The Labute approximate surface area is 153 Å². The third-order valence-corrected chi connectivity index (χ3v) is 4.98. The van der Waals surface area contributed by atoms with Crippen LogP contribution >= 0.6 is 12.4 Å². The molecule has 7 nitrogen and oxygen atoms in total. The number of para-hydroxylation sites is 2. The molecule has 0 radical (unpaired) electrons. The minimum Gasteiger partial charge on any atom is -0.362 e. The van der Waals surface area contributed by atoms with E-state index in [4.69, 9.17) is 0 Å². The maximum Gasteiger partial charge on any atom is 0.292 e. The number of nitrogens with one attached hydrogen (secondary N) is 1. The van der Waals surface area contributed by atoms with E-state index in [0.29, 0.717) is 37.9 Å². The highest BCUT2D eigenvalue weighted by atomic mass is 35.5. The van der Waals surface area contributed by atoms with Gasteiger partial charge in [0.2, 0.25) is 5.91 Å². The number of rotatable bonds is 3. The highest BCUT2D eigenvalue weighted by Gasteiger charge is 2.31. The molecular weight excluding hydrogens is 344 g/mol. The number of amides is 1. The monoisotopic (exact) mass is 368 g/mol. The van der Waals surface area contributed by atoms with Gasteiger partial charge in [-0.2, -0.15) is 0 Å². The number of carbonyl (C=O) groups excluding carboxylic acids is 1. The number of piperazine rings is 1. The predicted octanol–water partition coefficient (Wildman–Crippen LogP) is 2.05. The van der Waals surface area contributed by atoms with E-state index in [1.165, 1.54) is 6.07 Å². The molecule has 0 aromatic heterocycles. The van der Waals surface area contributed by atoms with Gasteiger partial charge in [0.1, 0.15) is 5.69 Å². The van der Waals surface area contributed by atoms with Crippen molar-refractivity contribution < 1.29 is 9.72 Å². The Morgan fingerprint density at radius 1 is 1.24 bits per heavy atom. The summed E-state index contributed by atoms with van der Waals surface area (Å²) in [5.41, 5.74) is 0.773. The third-order valence-electron chi connectivity index (χ3n) is 4.98. The highest BCUT2D eigenvalue weighted by Crippen LogP contribution is 2.29. The number of hydrogen-bond acceptors (Lipinski definition) is 5. The van der Waals surface area contributed by atoms with Gasteiger partial charge in [-0.05, 0) is 32.4 Å². The van der Waals surface area contributed by atoms with E-state index in [0.717, 1.165) is 19.4 Å². The minimum absolute atomic E-state index is 0. The maximum absolute atomic E-state index is 12.7. The average molecular weight is 369 g/mol. The van der Waals surface area contributed by atoms with Crippen LogP contribution in [0, 0.1) is 16.0 Å². The number of benzene rings is 1. The molecule has 0 aliphatic carbocycles. The van der Waals surface area contributed by atoms with Crippen LogP contribution in [0.25, 0.3) is 0 Å². The predicted molar refractivity (Wildman–Crippen MR) is 99.3 cm³/mol. The summed E-state index contributed by atoms with van der Waals surface area (Å²) in [6.07, 6.45) is 1.79. The lowest BCUT2D eigenvalue weighted by atomic mass is 9.92. The number of halogens is 1. The Balaban J connectivity index is 0.00000225. The second-order valence-electron chi connectivity index (χ2n) is 6.63. The molecule has 138 valence electrons. The second kappa shape index (κ2) is 8.49. The van der Waals surface area contributed by atoms with Crippen molar-refractivity contribution in [2.24, 2.45) is 5.92 Å². The van der Waals surface area contributed by atoms with Gasteiger partial charge in [-0.25, -0.2) is 0 Å². The van der Waals surface area contributed by atoms with E-state index in [9.17, 15) is 14.9 Å². The van der Waals surface area contributed by atoms with E-state index in [1.807, 2.05) is 15.9 Å². The molecule has 1 aromatic carbocycles. The molecule has 2 heterocycles. The van der Waals surface area contributed by atoms with Crippen LogP contribution in [-0.2, 0) is 4.79 Å². The Bertz CT molecular complexity index is 620. The standard InChI is InChI=1S/C17H24N4O3.ClH/c1-13-12-14(6-7-18-13)17(22)20-10-8-19(9-11-20)15-4-2-3-5-16(15)21(23)24;/h2-5,13-14,18H,6-12H2,1H3;1H/t13-,14-;/m0./s1. The van der Waals surface area contributed by atoms with Crippen molar-refractivity contribution in [3.63, 3.8) is 0 Å². The lowest BCUT2D eigenvalue weighted by Crippen LogP contribution is -2.52. The number of carbonyl (C=O) groups is 1. The summed E-state index contributed by atoms with van der Waals surface area (Å²) in [5, 5.41) is 14.6. The van der Waals surface area contributed by atoms with Crippen molar-refractivity contribution in [2.45, 2.75) is 25.8 Å². The normalized spacial score (nSPS) is 23.7. The SMILES string of the molecule is C[C@H]1C[C@@H](C(=O)N2CCN(c3ccccc3[N+](=O)[O-])CC2)CCN1.Cl. The minimum atomic E-state index is -0.344. The van der Waals surface area contributed by atoms with Crippen LogP contribution in [0.1, 0.15) is 19.8 Å². The van der Waals surface area contributed by atoms with Gasteiger partial charge in [0.05, 0.1) is 4.92 Å². The van der Waals surface area contributed by atoms with Crippen LogP contribution in [0.2, 0.25) is 0 Å². The van der Waals surface area contributed by atoms with Crippen molar-refractivity contribution in [2.75, 3.05) is 37.6 Å². The Kier molecular flexibility index (Phi) is 6.61. The summed E-state index contributed by atoms with van der Waals surface area (Å²) in [4.78, 5) is 27.5. The number of nitrogens with zero attached hydrogens (tertiary/aromatic N) is 3. The maximum atomic E-state index is 12.7. The fraction of sp³-hybridized carbons (Fsp3) is 0.588. The molecule has 1 amide bonds. The number of nitro groups is 1. The Morgan fingerprint density at radius 3 is 2.56 bits per heavy atom. The first kappa shape index (κ1) is 19.5. The average Bonchev–Trinajstić information content (AvgIpc) is 2.61. The summed E-state index contributed by atoms with van der Waals surface area (Å²) in [6, 6.07) is 7.20. The number of piperidine rings is 1. The first-order valence-electron chi connectivity index (χ1n) is 8.57. The molecule has 1 N–H and O–H groups in total. The van der Waals surface area contributed by atoms with E-state index < -0.39 is 0 Å². The molecule has 25 heavy (non-hydrogen) atoms. The lowest BCUT2D eigenvalue weighted by Gasteiger charge is -2.38. The van der Waals surface area contributed by atoms with Gasteiger partial charge in [0.15, 0.2) is 0 Å². The van der Waals surface area contributed by atoms with Crippen LogP contribution in [0.5, 0.6) is 0 Å². The molecule has 8 heteroatoms. The van der Waals surface area contributed by atoms with Crippen molar-refractivity contribution in [1.82, 2.24) is 10.2 Å². The summed E-state index contributed by atoms with van der Waals surface area (Å²) in [6.45, 7) is 5.54.